The molecular weight excluding hydrogens is 263 g/mol. The minimum atomic E-state index is -0.0865. The third-order valence-corrected chi connectivity index (χ3v) is 4.47. The molecule has 0 atom stereocenters. The minimum absolute atomic E-state index is 0.0865. The molecule has 2 N–H and O–H groups in total. The van der Waals surface area contributed by atoms with Crippen LogP contribution in [0.2, 0.25) is 0 Å². The van der Waals surface area contributed by atoms with Crippen molar-refractivity contribution >= 4 is 5.69 Å². The maximum Gasteiger partial charge on any atom is 0.146 e. The molecule has 1 aromatic carbocycles. The van der Waals surface area contributed by atoms with Gasteiger partial charge in [-0.2, -0.15) is 0 Å². The van der Waals surface area contributed by atoms with Crippen molar-refractivity contribution in [3.63, 3.8) is 0 Å². The molecular formula is C18H29FN2. The number of hydrogen-bond acceptors (Lipinski definition) is 2. The van der Waals surface area contributed by atoms with E-state index in [1.807, 2.05) is 12.1 Å². The molecule has 1 aliphatic carbocycles. The van der Waals surface area contributed by atoms with Crippen LogP contribution in [0.15, 0.2) is 18.2 Å². The normalized spacial score (nSPS) is 15.9. The SMILES string of the molecule is CC(C)CCN(c1ccc(CCN)cc1F)C1CCCC1. The van der Waals surface area contributed by atoms with E-state index in [-0.39, 0.29) is 5.82 Å². The molecule has 0 saturated heterocycles. The van der Waals surface area contributed by atoms with Gasteiger partial charge < -0.3 is 10.6 Å². The van der Waals surface area contributed by atoms with Crippen LogP contribution in [0.4, 0.5) is 10.1 Å². The molecule has 21 heavy (non-hydrogen) atoms. The summed E-state index contributed by atoms with van der Waals surface area (Å²) < 4.78 is 14.5. The first-order chi connectivity index (χ1) is 10.1. The minimum Gasteiger partial charge on any atom is -0.366 e. The lowest BCUT2D eigenvalue weighted by Gasteiger charge is -2.32. The zero-order valence-corrected chi connectivity index (χ0v) is 13.4. The largest absolute Gasteiger partial charge is 0.366 e. The van der Waals surface area contributed by atoms with Gasteiger partial charge in [-0.25, -0.2) is 4.39 Å². The molecule has 1 aromatic rings. The summed E-state index contributed by atoms with van der Waals surface area (Å²) in [6, 6.07) is 6.17. The average Bonchev–Trinajstić information content (AvgIpc) is 2.95. The van der Waals surface area contributed by atoms with Crippen LogP contribution in [-0.2, 0) is 6.42 Å². The highest BCUT2D eigenvalue weighted by Gasteiger charge is 2.24. The van der Waals surface area contributed by atoms with Gasteiger partial charge in [0.2, 0.25) is 0 Å². The lowest BCUT2D eigenvalue weighted by molar-refractivity contribution is 0.516. The Hall–Kier alpha value is -1.09. The second-order valence-electron chi connectivity index (χ2n) is 6.64. The molecule has 0 aliphatic heterocycles. The smallest absolute Gasteiger partial charge is 0.146 e. The summed E-state index contributed by atoms with van der Waals surface area (Å²) in [5, 5.41) is 0. The Bertz CT molecular complexity index is 439. The van der Waals surface area contributed by atoms with Gasteiger partial charge >= 0.3 is 0 Å². The fourth-order valence-electron chi connectivity index (χ4n) is 3.22. The summed E-state index contributed by atoms with van der Waals surface area (Å²) in [5.74, 6) is 0.560. The number of halogens is 1. The molecule has 0 aromatic heterocycles. The molecule has 0 amide bonds. The van der Waals surface area contributed by atoms with Crippen molar-refractivity contribution in [1.82, 2.24) is 0 Å². The van der Waals surface area contributed by atoms with E-state index in [0.29, 0.717) is 18.5 Å². The first kappa shape index (κ1) is 16.3. The van der Waals surface area contributed by atoms with Crippen molar-refractivity contribution in [1.29, 1.82) is 0 Å². The number of anilines is 1. The first-order valence-electron chi connectivity index (χ1n) is 8.37. The Labute approximate surface area is 128 Å². The van der Waals surface area contributed by atoms with Gasteiger partial charge in [-0.15, -0.1) is 0 Å². The van der Waals surface area contributed by atoms with Crippen LogP contribution in [0.25, 0.3) is 0 Å². The summed E-state index contributed by atoms with van der Waals surface area (Å²) in [4.78, 5) is 2.31. The van der Waals surface area contributed by atoms with Crippen molar-refractivity contribution in [2.24, 2.45) is 11.7 Å². The van der Waals surface area contributed by atoms with Crippen LogP contribution < -0.4 is 10.6 Å². The number of benzene rings is 1. The quantitative estimate of drug-likeness (QED) is 0.819. The maximum atomic E-state index is 14.5. The van der Waals surface area contributed by atoms with Crippen molar-refractivity contribution in [3.05, 3.63) is 29.6 Å². The molecule has 1 saturated carbocycles. The fourth-order valence-corrected chi connectivity index (χ4v) is 3.22. The molecule has 1 fully saturated rings. The average molecular weight is 292 g/mol. The van der Waals surface area contributed by atoms with Gasteiger partial charge in [-0.3, -0.25) is 0 Å². The van der Waals surface area contributed by atoms with Crippen LogP contribution in [-0.4, -0.2) is 19.1 Å². The van der Waals surface area contributed by atoms with Crippen molar-refractivity contribution in [3.8, 4) is 0 Å². The predicted octanol–water partition coefficient (Wildman–Crippen LogP) is 4.12. The van der Waals surface area contributed by atoms with Gasteiger partial charge in [0.1, 0.15) is 5.82 Å². The predicted molar refractivity (Wildman–Crippen MR) is 88.2 cm³/mol. The molecule has 0 unspecified atom stereocenters. The van der Waals surface area contributed by atoms with E-state index in [9.17, 15) is 4.39 Å². The molecule has 0 bridgehead atoms. The highest BCUT2D eigenvalue weighted by molar-refractivity contribution is 5.50. The van der Waals surface area contributed by atoms with E-state index in [2.05, 4.69) is 18.7 Å². The van der Waals surface area contributed by atoms with Crippen LogP contribution in [0.1, 0.15) is 51.5 Å². The van der Waals surface area contributed by atoms with Gasteiger partial charge in [0, 0.05) is 12.6 Å². The Morgan fingerprint density at radius 3 is 2.57 bits per heavy atom. The Balaban J connectivity index is 2.18. The molecule has 3 heteroatoms. The summed E-state index contributed by atoms with van der Waals surface area (Å²) in [7, 11) is 0. The monoisotopic (exact) mass is 292 g/mol. The summed E-state index contributed by atoms with van der Waals surface area (Å²) in [5.41, 5.74) is 7.33. The number of nitrogens with two attached hydrogens (primary N) is 1. The highest BCUT2D eigenvalue weighted by Crippen LogP contribution is 2.31. The van der Waals surface area contributed by atoms with Crippen LogP contribution in [0.3, 0.4) is 0 Å². The lowest BCUT2D eigenvalue weighted by atomic mass is 10.1. The second-order valence-corrected chi connectivity index (χ2v) is 6.64. The van der Waals surface area contributed by atoms with E-state index in [4.69, 9.17) is 5.73 Å². The molecule has 2 rings (SSSR count). The van der Waals surface area contributed by atoms with E-state index in [1.165, 1.54) is 25.7 Å². The Morgan fingerprint density at radius 2 is 2.00 bits per heavy atom. The molecule has 0 spiro atoms. The highest BCUT2D eigenvalue weighted by atomic mass is 19.1. The van der Waals surface area contributed by atoms with Gasteiger partial charge in [-0.05, 0) is 55.8 Å². The third kappa shape index (κ3) is 4.44. The zero-order valence-electron chi connectivity index (χ0n) is 13.4. The number of hydrogen-bond donors (Lipinski definition) is 1. The van der Waals surface area contributed by atoms with E-state index < -0.39 is 0 Å². The van der Waals surface area contributed by atoms with E-state index in [1.54, 1.807) is 6.07 Å². The zero-order chi connectivity index (χ0) is 15.2. The van der Waals surface area contributed by atoms with E-state index >= 15 is 0 Å². The molecule has 0 radical (unpaired) electrons. The Morgan fingerprint density at radius 1 is 1.29 bits per heavy atom. The third-order valence-electron chi connectivity index (χ3n) is 4.47. The topological polar surface area (TPSA) is 29.3 Å². The van der Waals surface area contributed by atoms with E-state index in [0.717, 1.165) is 30.6 Å². The van der Waals surface area contributed by atoms with Gasteiger partial charge in [-0.1, -0.05) is 32.8 Å². The van der Waals surface area contributed by atoms with Crippen LogP contribution in [0, 0.1) is 11.7 Å². The molecule has 2 nitrogen and oxygen atoms in total. The van der Waals surface area contributed by atoms with Crippen molar-refractivity contribution in [2.45, 2.75) is 58.4 Å². The van der Waals surface area contributed by atoms with Gasteiger partial charge in [0.15, 0.2) is 0 Å². The molecule has 0 heterocycles. The van der Waals surface area contributed by atoms with Crippen molar-refractivity contribution < 1.29 is 4.39 Å². The number of rotatable bonds is 7. The lowest BCUT2D eigenvalue weighted by Crippen LogP contribution is -2.35. The standard InChI is InChI=1S/C18H29FN2/c1-14(2)10-12-21(16-5-3-4-6-16)18-8-7-15(9-11-20)13-17(18)19/h7-8,13-14,16H,3-6,9-12,20H2,1-2H3. The van der Waals surface area contributed by atoms with Crippen LogP contribution >= 0.6 is 0 Å². The maximum absolute atomic E-state index is 14.5. The summed E-state index contributed by atoms with van der Waals surface area (Å²) >= 11 is 0. The second kappa shape index (κ2) is 7.79. The van der Waals surface area contributed by atoms with Crippen molar-refractivity contribution in [2.75, 3.05) is 18.0 Å². The number of nitrogens with zero attached hydrogens (tertiary/aromatic N) is 1. The summed E-state index contributed by atoms with van der Waals surface area (Å²) in [6.07, 6.45) is 6.79. The molecule has 1 aliphatic rings. The Kier molecular flexibility index (Phi) is 6.04. The molecule has 118 valence electrons. The van der Waals surface area contributed by atoms with Gasteiger partial charge in [0.25, 0.3) is 0 Å². The van der Waals surface area contributed by atoms with Gasteiger partial charge in [0.05, 0.1) is 5.69 Å². The fraction of sp³-hybridized carbons (Fsp3) is 0.667. The first-order valence-corrected chi connectivity index (χ1v) is 8.37. The summed E-state index contributed by atoms with van der Waals surface area (Å²) in [6.45, 7) is 5.98. The van der Waals surface area contributed by atoms with Crippen LogP contribution in [0.5, 0.6) is 0 Å².